The van der Waals surface area contributed by atoms with Crippen molar-refractivity contribution in [1.82, 2.24) is 4.90 Å². The third kappa shape index (κ3) is 1.39. The Bertz CT molecular complexity index is 354. The van der Waals surface area contributed by atoms with E-state index in [-0.39, 0.29) is 11.8 Å². The predicted octanol–water partition coefficient (Wildman–Crippen LogP) is 1.76. The monoisotopic (exact) mass is 205 g/mol. The van der Waals surface area contributed by atoms with Crippen molar-refractivity contribution in [2.75, 3.05) is 19.9 Å². The lowest BCUT2D eigenvalue weighted by molar-refractivity contribution is -0.00617. The summed E-state index contributed by atoms with van der Waals surface area (Å²) in [5, 5.41) is 0. The van der Waals surface area contributed by atoms with Crippen LogP contribution in [0.1, 0.15) is 18.7 Å². The molecule has 2 fully saturated rings. The van der Waals surface area contributed by atoms with Crippen LogP contribution in [0.25, 0.3) is 0 Å². The molecule has 0 aromatic heterocycles. The van der Waals surface area contributed by atoms with Crippen molar-refractivity contribution in [3.8, 4) is 0 Å². The molecule has 0 aliphatic carbocycles. The molecular weight excluding hydrogens is 190 g/mol. The molecule has 0 spiro atoms. The van der Waals surface area contributed by atoms with Crippen LogP contribution in [-0.4, -0.2) is 30.4 Å². The minimum atomic E-state index is 0.0682. The van der Waals surface area contributed by atoms with E-state index >= 15 is 0 Å². The summed E-state index contributed by atoms with van der Waals surface area (Å²) in [6.07, 6.45) is 0.0682. The summed E-state index contributed by atoms with van der Waals surface area (Å²) in [7, 11) is 0. The topological polar surface area (TPSA) is 21.7 Å². The van der Waals surface area contributed by atoms with E-state index in [1.807, 2.05) is 18.2 Å². The number of hydrogen-bond acceptors (Lipinski definition) is 3. The average Bonchev–Trinajstić information content (AvgIpc) is 2.76. The van der Waals surface area contributed by atoms with E-state index in [9.17, 15) is 0 Å². The SMILES string of the molecule is CC12COCN1C(c1ccccc1)OC2. The maximum atomic E-state index is 5.85. The van der Waals surface area contributed by atoms with Gasteiger partial charge in [-0.25, -0.2) is 4.90 Å². The molecule has 0 amide bonds. The molecule has 0 saturated carbocycles. The van der Waals surface area contributed by atoms with Crippen LogP contribution in [0.5, 0.6) is 0 Å². The van der Waals surface area contributed by atoms with E-state index in [1.165, 1.54) is 5.56 Å². The van der Waals surface area contributed by atoms with Crippen LogP contribution in [0.15, 0.2) is 30.3 Å². The van der Waals surface area contributed by atoms with Crippen LogP contribution in [0.2, 0.25) is 0 Å². The van der Waals surface area contributed by atoms with Crippen molar-refractivity contribution in [3.63, 3.8) is 0 Å². The number of ether oxygens (including phenoxy) is 2. The third-order valence-corrected chi connectivity index (χ3v) is 3.26. The van der Waals surface area contributed by atoms with Gasteiger partial charge in [0, 0.05) is 0 Å². The highest BCUT2D eigenvalue weighted by molar-refractivity contribution is 5.19. The number of fused-ring (bicyclic) bond motifs is 1. The first-order valence-electron chi connectivity index (χ1n) is 5.31. The molecule has 2 aliphatic rings. The lowest BCUT2D eigenvalue weighted by atomic mass is 10.1. The molecule has 2 saturated heterocycles. The minimum absolute atomic E-state index is 0.0682. The van der Waals surface area contributed by atoms with Crippen molar-refractivity contribution in [3.05, 3.63) is 35.9 Å². The van der Waals surface area contributed by atoms with Crippen LogP contribution in [0.3, 0.4) is 0 Å². The largest absolute Gasteiger partial charge is 0.364 e. The van der Waals surface area contributed by atoms with Crippen molar-refractivity contribution >= 4 is 0 Å². The van der Waals surface area contributed by atoms with Gasteiger partial charge in [0.05, 0.1) is 18.8 Å². The molecule has 1 aromatic carbocycles. The summed E-state index contributed by atoms with van der Waals surface area (Å²) < 4.78 is 11.4. The van der Waals surface area contributed by atoms with Gasteiger partial charge in [0.1, 0.15) is 13.0 Å². The summed E-state index contributed by atoms with van der Waals surface area (Å²) in [5.41, 5.74) is 1.28. The highest BCUT2D eigenvalue weighted by atomic mass is 16.6. The van der Waals surface area contributed by atoms with Gasteiger partial charge in [0.15, 0.2) is 0 Å². The molecule has 2 atom stereocenters. The molecule has 2 aliphatic heterocycles. The minimum Gasteiger partial charge on any atom is -0.364 e. The van der Waals surface area contributed by atoms with Crippen LogP contribution >= 0.6 is 0 Å². The molecule has 3 heteroatoms. The molecule has 1 aromatic rings. The van der Waals surface area contributed by atoms with Crippen LogP contribution in [0.4, 0.5) is 0 Å². The van der Waals surface area contributed by atoms with E-state index < -0.39 is 0 Å². The van der Waals surface area contributed by atoms with Crippen LogP contribution in [-0.2, 0) is 9.47 Å². The second kappa shape index (κ2) is 3.30. The molecule has 80 valence electrons. The number of rotatable bonds is 1. The Morgan fingerprint density at radius 3 is 2.87 bits per heavy atom. The second-order valence-electron chi connectivity index (χ2n) is 4.52. The van der Waals surface area contributed by atoms with Gasteiger partial charge in [0.2, 0.25) is 0 Å². The standard InChI is InChI=1S/C12H15NO2/c1-12-7-14-9-13(12)11(15-8-12)10-5-3-2-4-6-10/h2-6,11H,7-9H2,1H3. The van der Waals surface area contributed by atoms with Gasteiger partial charge in [-0.1, -0.05) is 30.3 Å². The second-order valence-corrected chi connectivity index (χ2v) is 4.52. The zero-order valence-electron chi connectivity index (χ0n) is 8.85. The number of nitrogens with zero attached hydrogens (tertiary/aromatic N) is 1. The quantitative estimate of drug-likeness (QED) is 0.697. The smallest absolute Gasteiger partial charge is 0.139 e. The van der Waals surface area contributed by atoms with Crippen molar-refractivity contribution in [2.45, 2.75) is 18.7 Å². The van der Waals surface area contributed by atoms with Gasteiger partial charge >= 0.3 is 0 Å². The van der Waals surface area contributed by atoms with Gasteiger partial charge in [-0.3, -0.25) is 0 Å². The van der Waals surface area contributed by atoms with E-state index in [0.717, 1.165) is 13.2 Å². The fraction of sp³-hybridized carbons (Fsp3) is 0.500. The third-order valence-electron chi connectivity index (χ3n) is 3.26. The summed E-state index contributed by atoms with van der Waals surface area (Å²) >= 11 is 0. The fourth-order valence-corrected chi connectivity index (χ4v) is 2.32. The molecule has 0 bridgehead atoms. The Hall–Kier alpha value is -0.900. The summed E-state index contributed by atoms with van der Waals surface area (Å²) in [6, 6.07) is 10.3. The highest BCUT2D eigenvalue weighted by Gasteiger charge is 2.48. The van der Waals surface area contributed by atoms with Gasteiger partial charge < -0.3 is 9.47 Å². The van der Waals surface area contributed by atoms with Gasteiger partial charge in [-0.05, 0) is 12.5 Å². The Balaban J connectivity index is 1.90. The Morgan fingerprint density at radius 2 is 2.07 bits per heavy atom. The van der Waals surface area contributed by atoms with Gasteiger partial charge in [-0.15, -0.1) is 0 Å². The van der Waals surface area contributed by atoms with E-state index in [2.05, 4.69) is 24.0 Å². The average molecular weight is 205 g/mol. The molecule has 2 unspecified atom stereocenters. The maximum absolute atomic E-state index is 5.85. The van der Waals surface area contributed by atoms with E-state index in [1.54, 1.807) is 0 Å². The first-order valence-corrected chi connectivity index (χ1v) is 5.31. The highest BCUT2D eigenvalue weighted by Crippen LogP contribution is 2.39. The van der Waals surface area contributed by atoms with Crippen molar-refractivity contribution in [1.29, 1.82) is 0 Å². The zero-order chi connectivity index (χ0) is 10.3. The fourth-order valence-electron chi connectivity index (χ4n) is 2.32. The maximum Gasteiger partial charge on any atom is 0.139 e. The molecule has 0 N–H and O–H groups in total. The van der Waals surface area contributed by atoms with Crippen LogP contribution in [0, 0.1) is 0 Å². The zero-order valence-corrected chi connectivity index (χ0v) is 8.85. The van der Waals surface area contributed by atoms with Gasteiger partial charge in [0.25, 0.3) is 0 Å². The lowest BCUT2D eigenvalue weighted by Gasteiger charge is -2.26. The number of benzene rings is 1. The lowest BCUT2D eigenvalue weighted by Crippen LogP contribution is -2.40. The molecule has 0 radical (unpaired) electrons. The van der Waals surface area contributed by atoms with Crippen molar-refractivity contribution in [2.24, 2.45) is 0 Å². The predicted molar refractivity (Wildman–Crippen MR) is 56.2 cm³/mol. The van der Waals surface area contributed by atoms with E-state index in [4.69, 9.17) is 9.47 Å². The normalized spacial score (nSPS) is 35.7. The molecule has 3 nitrogen and oxygen atoms in total. The first-order chi connectivity index (χ1) is 7.30. The molecule has 15 heavy (non-hydrogen) atoms. The Kier molecular flexibility index (Phi) is 2.06. The summed E-state index contributed by atoms with van der Waals surface area (Å²) in [5.74, 6) is 0. The summed E-state index contributed by atoms with van der Waals surface area (Å²) in [4.78, 5) is 2.29. The van der Waals surface area contributed by atoms with Gasteiger partial charge in [-0.2, -0.15) is 0 Å². The Morgan fingerprint density at radius 1 is 1.27 bits per heavy atom. The van der Waals surface area contributed by atoms with E-state index in [0.29, 0.717) is 6.73 Å². The molecule has 3 rings (SSSR count). The summed E-state index contributed by atoms with van der Waals surface area (Å²) in [6.45, 7) is 4.40. The first kappa shape index (κ1) is 9.33. The van der Waals surface area contributed by atoms with Crippen molar-refractivity contribution < 1.29 is 9.47 Å². The molecule has 2 heterocycles. The Labute approximate surface area is 89.6 Å². The molecular formula is C12H15NO2. The number of hydrogen-bond donors (Lipinski definition) is 0. The van der Waals surface area contributed by atoms with Crippen LogP contribution < -0.4 is 0 Å².